The molecule has 2 fully saturated rings. The summed E-state index contributed by atoms with van der Waals surface area (Å²) in [6.45, 7) is 2.75. The summed E-state index contributed by atoms with van der Waals surface area (Å²) in [6.07, 6.45) is 5.07. The van der Waals surface area contributed by atoms with Crippen LogP contribution in [0.15, 0.2) is 0 Å². The lowest BCUT2D eigenvalue weighted by atomic mass is 9.98. The molecule has 2 amide bonds. The van der Waals surface area contributed by atoms with Gasteiger partial charge in [-0.3, -0.25) is 0 Å². The molecule has 0 saturated heterocycles. The van der Waals surface area contributed by atoms with Crippen LogP contribution >= 0.6 is 0 Å². The topological polar surface area (TPSA) is 78.4 Å². The van der Waals surface area contributed by atoms with Crippen molar-refractivity contribution >= 4 is 12.0 Å². The maximum Gasteiger partial charge on any atom is 0.329 e. The average Bonchev–Trinajstić information content (AvgIpc) is 2.81. The number of hydrogen-bond donors (Lipinski definition) is 3. The SMILES string of the molecule is CC1(CNC(=O)NC2(C(=O)O)CCCC2)CC1. The first-order valence-electron chi connectivity index (χ1n) is 6.25. The molecule has 0 aromatic carbocycles. The average molecular weight is 240 g/mol. The minimum Gasteiger partial charge on any atom is -0.480 e. The van der Waals surface area contributed by atoms with Crippen molar-refractivity contribution < 1.29 is 14.7 Å². The van der Waals surface area contributed by atoms with Crippen LogP contribution in [0.1, 0.15) is 45.4 Å². The standard InChI is InChI=1S/C12H20N2O3/c1-11(6-7-11)8-13-10(17)14-12(9(15)16)4-2-3-5-12/h2-8H2,1H3,(H,15,16)(H2,13,14,17). The molecule has 96 valence electrons. The molecule has 0 radical (unpaired) electrons. The Morgan fingerprint density at radius 3 is 2.24 bits per heavy atom. The van der Waals surface area contributed by atoms with Gasteiger partial charge in [-0.05, 0) is 31.1 Å². The molecule has 5 nitrogen and oxygen atoms in total. The molecule has 0 heterocycles. The number of carboxylic acid groups (broad SMARTS) is 1. The van der Waals surface area contributed by atoms with E-state index in [2.05, 4.69) is 17.6 Å². The van der Waals surface area contributed by atoms with Gasteiger partial charge in [0.15, 0.2) is 0 Å². The highest BCUT2D eigenvalue weighted by atomic mass is 16.4. The fraction of sp³-hybridized carbons (Fsp3) is 0.833. The van der Waals surface area contributed by atoms with Crippen LogP contribution in [-0.4, -0.2) is 29.2 Å². The minimum absolute atomic E-state index is 0.239. The molecular formula is C12H20N2O3. The van der Waals surface area contributed by atoms with E-state index in [4.69, 9.17) is 0 Å². The Morgan fingerprint density at radius 2 is 1.76 bits per heavy atom. The fourth-order valence-corrected chi connectivity index (χ4v) is 2.32. The van der Waals surface area contributed by atoms with Crippen LogP contribution in [0.4, 0.5) is 4.79 Å². The van der Waals surface area contributed by atoms with Gasteiger partial charge in [-0.2, -0.15) is 0 Å². The molecule has 0 aliphatic heterocycles. The maximum atomic E-state index is 11.7. The summed E-state index contributed by atoms with van der Waals surface area (Å²) in [5.74, 6) is -0.914. The summed E-state index contributed by atoms with van der Waals surface area (Å²) < 4.78 is 0. The Bertz CT molecular complexity index is 331. The number of rotatable bonds is 4. The number of aliphatic carboxylic acids is 1. The van der Waals surface area contributed by atoms with Crippen molar-refractivity contribution in [3.8, 4) is 0 Å². The first-order valence-corrected chi connectivity index (χ1v) is 6.25. The number of urea groups is 1. The zero-order chi connectivity index (χ0) is 12.5. The van der Waals surface area contributed by atoms with Crippen LogP contribution in [0.3, 0.4) is 0 Å². The van der Waals surface area contributed by atoms with E-state index in [1.54, 1.807) is 0 Å². The number of carbonyl (C=O) groups is 2. The van der Waals surface area contributed by atoms with E-state index in [1.165, 1.54) is 0 Å². The zero-order valence-corrected chi connectivity index (χ0v) is 10.2. The number of nitrogens with one attached hydrogen (secondary N) is 2. The van der Waals surface area contributed by atoms with Gasteiger partial charge < -0.3 is 15.7 Å². The minimum atomic E-state index is -1.03. The van der Waals surface area contributed by atoms with Crippen molar-refractivity contribution in [1.82, 2.24) is 10.6 Å². The van der Waals surface area contributed by atoms with Crippen molar-refractivity contribution in [2.24, 2.45) is 5.41 Å². The van der Waals surface area contributed by atoms with Crippen molar-refractivity contribution in [1.29, 1.82) is 0 Å². The summed E-state index contributed by atoms with van der Waals surface area (Å²) >= 11 is 0. The van der Waals surface area contributed by atoms with Crippen LogP contribution in [0, 0.1) is 5.41 Å². The number of carboxylic acids is 1. The van der Waals surface area contributed by atoms with Gasteiger partial charge in [0, 0.05) is 6.54 Å². The van der Waals surface area contributed by atoms with Gasteiger partial charge in [-0.15, -0.1) is 0 Å². The molecule has 3 N–H and O–H groups in total. The monoisotopic (exact) mass is 240 g/mol. The highest BCUT2D eigenvalue weighted by Crippen LogP contribution is 2.44. The molecule has 0 atom stereocenters. The summed E-state index contributed by atoms with van der Waals surface area (Å²) in [6, 6.07) is -0.345. The Balaban J connectivity index is 1.85. The molecule has 0 unspecified atom stereocenters. The van der Waals surface area contributed by atoms with Gasteiger partial charge in [0.1, 0.15) is 5.54 Å². The van der Waals surface area contributed by atoms with Crippen LogP contribution in [0.2, 0.25) is 0 Å². The third-order valence-electron chi connectivity index (χ3n) is 4.00. The third kappa shape index (κ3) is 2.70. The van der Waals surface area contributed by atoms with Gasteiger partial charge in [0.2, 0.25) is 0 Å². The van der Waals surface area contributed by atoms with Gasteiger partial charge in [0.05, 0.1) is 0 Å². The lowest BCUT2D eigenvalue weighted by molar-refractivity contribution is -0.144. The summed E-state index contributed by atoms with van der Waals surface area (Å²) in [4.78, 5) is 22.9. The van der Waals surface area contributed by atoms with E-state index >= 15 is 0 Å². The number of amides is 2. The van der Waals surface area contributed by atoms with Gasteiger partial charge >= 0.3 is 12.0 Å². The quantitative estimate of drug-likeness (QED) is 0.696. The highest BCUT2D eigenvalue weighted by molar-refractivity contribution is 5.86. The second-order valence-corrected chi connectivity index (χ2v) is 5.71. The van der Waals surface area contributed by atoms with Crippen LogP contribution in [0.5, 0.6) is 0 Å². The van der Waals surface area contributed by atoms with Crippen molar-refractivity contribution in [2.75, 3.05) is 6.54 Å². The first-order chi connectivity index (χ1) is 7.96. The summed E-state index contributed by atoms with van der Waals surface area (Å²) in [5.41, 5.74) is -0.794. The predicted octanol–water partition coefficient (Wildman–Crippen LogP) is 1.48. The molecule has 5 heteroatoms. The first kappa shape index (κ1) is 12.2. The normalized spacial score (nSPS) is 24.1. The Kier molecular flexibility index (Phi) is 3.02. The van der Waals surface area contributed by atoms with E-state index in [0.717, 1.165) is 25.7 Å². The van der Waals surface area contributed by atoms with Crippen LogP contribution < -0.4 is 10.6 Å². The van der Waals surface area contributed by atoms with E-state index in [0.29, 0.717) is 19.4 Å². The van der Waals surface area contributed by atoms with E-state index in [-0.39, 0.29) is 11.4 Å². The Morgan fingerprint density at radius 1 is 1.18 bits per heavy atom. The van der Waals surface area contributed by atoms with Crippen molar-refractivity contribution in [3.63, 3.8) is 0 Å². The predicted molar refractivity (Wildman–Crippen MR) is 62.7 cm³/mol. The molecule has 0 bridgehead atoms. The molecule has 2 saturated carbocycles. The second kappa shape index (κ2) is 4.20. The number of carbonyl (C=O) groups excluding carboxylic acids is 1. The Labute approximate surface area is 101 Å². The van der Waals surface area contributed by atoms with Crippen molar-refractivity contribution in [3.05, 3.63) is 0 Å². The highest BCUT2D eigenvalue weighted by Gasteiger charge is 2.43. The van der Waals surface area contributed by atoms with Crippen LogP contribution in [-0.2, 0) is 4.79 Å². The zero-order valence-electron chi connectivity index (χ0n) is 10.2. The molecule has 2 rings (SSSR count). The molecule has 0 aromatic rings. The summed E-state index contributed by atoms with van der Waals surface area (Å²) in [5, 5.41) is 14.6. The molecule has 0 aromatic heterocycles. The largest absolute Gasteiger partial charge is 0.480 e. The Hall–Kier alpha value is -1.26. The maximum absolute atomic E-state index is 11.7. The smallest absolute Gasteiger partial charge is 0.329 e. The summed E-state index contributed by atoms with van der Waals surface area (Å²) in [7, 11) is 0. The third-order valence-corrected chi connectivity index (χ3v) is 4.00. The molecule has 0 spiro atoms. The van der Waals surface area contributed by atoms with E-state index in [1.807, 2.05) is 0 Å². The lowest BCUT2D eigenvalue weighted by Gasteiger charge is -2.25. The van der Waals surface area contributed by atoms with Crippen LogP contribution in [0.25, 0.3) is 0 Å². The van der Waals surface area contributed by atoms with Gasteiger partial charge in [-0.25, -0.2) is 9.59 Å². The fourth-order valence-electron chi connectivity index (χ4n) is 2.32. The molecule has 2 aliphatic rings. The van der Waals surface area contributed by atoms with E-state index < -0.39 is 11.5 Å². The number of hydrogen-bond acceptors (Lipinski definition) is 2. The second-order valence-electron chi connectivity index (χ2n) is 5.71. The molecule has 2 aliphatic carbocycles. The molecule has 17 heavy (non-hydrogen) atoms. The lowest BCUT2D eigenvalue weighted by Crippen LogP contribution is -2.55. The van der Waals surface area contributed by atoms with Gasteiger partial charge in [-0.1, -0.05) is 19.8 Å². The van der Waals surface area contributed by atoms with Gasteiger partial charge in [0.25, 0.3) is 0 Å². The van der Waals surface area contributed by atoms with Crippen molar-refractivity contribution in [2.45, 2.75) is 51.0 Å². The van der Waals surface area contributed by atoms with E-state index in [9.17, 15) is 14.7 Å². The molecular weight excluding hydrogens is 220 g/mol.